The Morgan fingerprint density at radius 1 is 1.56 bits per heavy atom. The Morgan fingerprint density at radius 2 is 2.33 bits per heavy atom. The minimum absolute atomic E-state index is 0.00505. The van der Waals surface area contributed by atoms with Crippen LogP contribution in [-0.4, -0.2) is 29.5 Å². The Morgan fingerprint density at radius 3 is 3.00 bits per heavy atom. The summed E-state index contributed by atoms with van der Waals surface area (Å²) in [5.41, 5.74) is 0.927. The van der Waals surface area contributed by atoms with Crippen LogP contribution < -0.4 is 10.6 Å². The lowest BCUT2D eigenvalue weighted by atomic mass is 10.1. The molecule has 0 aliphatic carbocycles. The Kier molecular flexibility index (Phi) is 3.50. The highest BCUT2D eigenvalue weighted by Crippen LogP contribution is 2.21. The molecule has 1 heterocycles. The number of para-hydroxylation sites is 1. The lowest BCUT2D eigenvalue weighted by Crippen LogP contribution is -2.38. The summed E-state index contributed by atoms with van der Waals surface area (Å²) in [7, 11) is 0. The number of carbonyl (C=O) groups excluding carboxylic acids is 2. The Hall–Kier alpha value is -2.04. The van der Waals surface area contributed by atoms with Crippen molar-refractivity contribution in [1.82, 2.24) is 10.6 Å². The molecule has 1 fully saturated rings. The molecule has 96 valence electrons. The van der Waals surface area contributed by atoms with Gasteiger partial charge in [0, 0.05) is 19.0 Å². The van der Waals surface area contributed by atoms with E-state index in [-0.39, 0.29) is 29.2 Å². The average molecular weight is 248 g/mol. The zero-order valence-corrected chi connectivity index (χ0v) is 10.2. The third-order valence-corrected chi connectivity index (χ3v) is 3.08. The van der Waals surface area contributed by atoms with Crippen LogP contribution in [0.5, 0.6) is 5.75 Å². The highest BCUT2D eigenvalue weighted by atomic mass is 16.3. The molecule has 0 aromatic heterocycles. The first-order valence-electron chi connectivity index (χ1n) is 5.94. The van der Waals surface area contributed by atoms with E-state index in [2.05, 4.69) is 10.6 Å². The van der Waals surface area contributed by atoms with Crippen molar-refractivity contribution in [2.75, 3.05) is 6.54 Å². The summed E-state index contributed by atoms with van der Waals surface area (Å²) in [5.74, 6) is -0.296. The van der Waals surface area contributed by atoms with Gasteiger partial charge in [-0.15, -0.1) is 0 Å². The first-order chi connectivity index (χ1) is 8.58. The van der Waals surface area contributed by atoms with E-state index in [0.717, 1.165) is 6.42 Å². The molecule has 1 aliphatic heterocycles. The fraction of sp³-hybridized carbons (Fsp3) is 0.385. The van der Waals surface area contributed by atoms with Crippen molar-refractivity contribution < 1.29 is 14.7 Å². The number of amides is 2. The van der Waals surface area contributed by atoms with Gasteiger partial charge < -0.3 is 15.7 Å². The summed E-state index contributed by atoms with van der Waals surface area (Å²) in [4.78, 5) is 22.9. The molecule has 0 saturated carbocycles. The lowest BCUT2D eigenvalue weighted by Gasteiger charge is -2.12. The number of aromatic hydroxyl groups is 1. The fourth-order valence-corrected chi connectivity index (χ4v) is 1.98. The van der Waals surface area contributed by atoms with Gasteiger partial charge >= 0.3 is 0 Å². The highest BCUT2D eigenvalue weighted by molar-refractivity contribution is 5.97. The maximum atomic E-state index is 11.9. The molecule has 2 amide bonds. The molecular formula is C13H16N2O3. The van der Waals surface area contributed by atoms with Crippen molar-refractivity contribution in [2.45, 2.75) is 25.8 Å². The summed E-state index contributed by atoms with van der Waals surface area (Å²) < 4.78 is 0. The van der Waals surface area contributed by atoms with Gasteiger partial charge in [0.15, 0.2) is 0 Å². The fourth-order valence-electron chi connectivity index (χ4n) is 1.98. The van der Waals surface area contributed by atoms with E-state index in [4.69, 9.17) is 0 Å². The Labute approximate surface area is 105 Å². The first-order valence-corrected chi connectivity index (χ1v) is 5.94. The minimum atomic E-state index is -0.322. The van der Waals surface area contributed by atoms with Crippen LogP contribution in [0.2, 0.25) is 0 Å². The van der Waals surface area contributed by atoms with E-state index in [9.17, 15) is 14.7 Å². The molecule has 1 aromatic carbocycles. The maximum Gasteiger partial charge on any atom is 0.255 e. The third kappa shape index (κ3) is 2.61. The quantitative estimate of drug-likeness (QED) is 0.737. The van der Waals surface area contributed by atoms with Crippen molar-refractivity contribution in [1.29, 1.82) is 0 Å². The molecule has 0 bridgehead atoms. The number of benzene rings is 1. The molecule has 2 rings (SSSR count). The molecule has 1 aromatic rings. The second-order valence-corrected chi connectivity index (χ2v) is 4.48. The molecule has 18 heavy (non-hydrogen) atoms. The predicted molar refractivity (Wildman–Crippen MR) is 66.3 cm³/mol. The smallest absolute Gasteiger partial charge is 0.255 e. The molecule has 5 nitrogen and oxygen atoms in total. The summed E-state index contributed by atoms with van der Waals surface area (Å²) in [6.07, 6.45) is 1.25. The largest absolute Gasteiger partial charge is 0.507 e. The van der Waals surface area contributed by atoms with Crippen molar-refractivity contribution in [3.05, 3.63) is 29.3 Å². The van der Waals surface area contributed by atoms with Gasteiger partial charge in [0.2, 0.25) is 5.91 Å². The van der Waals surface area contributed by atoms with Gasteiger partial charge in [-0.3, -0.25) is 9.59 Å². The number of hydrogen-bond acceptors (Lipinski definition) is 3. The van der Waals surface area contributed by atoms with Crippen LogP contribution >= 0.6 is 0 Å². The Bertz CT molecular complexity index is 485. The Balaban J connectivity index is 1.95. The van der Waals surface area contributed by atoms with E-state index in [1.54, 1.807) is 25.1 Å². The van der Waals surface area contributed by atoms with Crippen LogP contribution in [0.25, 0.3) is 0 Å². The summed E-state index contributed by atoms with van der Waals surface area (Å²) in [6.45, 7) is 2.13. The van der Waals surface area contributed by atoms with Crippen LogP contribution in [0.15, 0.2) is 18.2 Å². The minimum Gasteiger partial charge on any atom is -0.507 e. The van der Waals surface area contributed by atoms with Crippen LogP contribution in [0, 0.1) is 6.92 Å². The van der Waals surface area contributed by atoms with Crippen molar-refractivity contribution in [3.8, 4) is 5.75 Å². The topological polar surface area (TPSA) is 78.4 Å². The third-order valence-electron chi connectivity index (χ3n) is 3.08. The van der Waals surface area contributed by atoms with Crippen molar-refractivity contribution >= 4 is 11.8 Å². The summed E-state index contributed by atoms with van der Waals surface area (Å²) in [6, 6.07) is 5.03. The van der Waals surface area contributed by atoms with Crippen LogP contribution in [-0.2, 0) is 4.79 Å². The highest BCUT2D eigenvalue weighted by Gasteiger charge is 2.21. The van der Waals surface area contributed by atoms with Crippen LogP contribution in [0.4, 0.5) is 0 Å². The molecule has 0 spiro atoms. The molecular weight excluding hydrogens is 232 g/mol. The lowest BCUT2D eigenvalue weighted by molar-refractivity contribution is -0.119. The molecule has 0 radical (unpaired) electrons. The van der Waals surface area contributed by atoms with Crippen LogP contribution in [0.3, 0.4) is 0 Å². The van der Waals surface area contributed by atoms with Crippen molar-refractivity contribution in [2.24, 2.45) is 0 Å². The van der Waals surface area contributed by atoms with Gasteiger partial charge in [0.1, 0.15) is 5.75 Å². The normalized spacial score (nSPS) is 18.5. The summed E-state index contributed by atoms with van der Waals surface area (Å²) >= 11 is 0. The molecule has 1 atom stereocenters. The van der Waals surface area contributed by atoms with Gasteiger partial charge in [-0.25, -0.2) is 0 Å². The monoisotopic (exact) mass is 248 g/mol. The second kappa shape index (κ2) is 5.08. The summed E-state index contributed by atoms with van der Waals surface area (Å²) in [5, 5.41) is 15.3. The van der Waals surface area contributed by atoms with Gasteiger partial charge in [0.05, 0.1) is 5.56 Å². The number of carbonyl (C=O) groups is 2. The molecule has 1 saturated heterocycles. The van der Waals surface area contributed by atoms with Crippen molar-refractivity contribution in [3.63, 3.8) is 0 Å². The van der Waals surface area contributed by atoms with E-state index in [1.165, 1.54) is 0 Å². The number of phenols is 1. The SMILES string of the molecule is Cc1cccc(C(=O)NCC2CCC(=O)N2)c1O. The average Bonchev–Trinajstić information content (AvgIpc) is 2.76. The van der Waals surface area contributed by atoms with E-state index < -0.39 is 0 Å². The number of nitrogens with one attached hydrogen (secondary N) is 2. The predicted octanol–water partition coefficient (Wildman–Crippen LogP) is 0.709. The maximum absolute atomic E-state index is 11.9. The number of aryl methyl sites for hydroxylation is 1. The molecule has 5 heteroatoms. The second-order valence-electron chi connectivity index (χ2n) is 4.48. The van der Waals surface area contributed by atoms with Gasteiger partial charge in [-0.1, -0.05) is 12.1 Å². The molecule has 3 N–H and O–H groups in total. The van der Waals surface area contributed by atoms with Gasteiger partial charge in [-0.05, 0) is 25.0 Å². The van der Waals surface area contributed by atoms with Gasteiger partial charge in [0.25, 0.3) is 5.91 Å². The van der Waals surface area contributed by atoms with Gasteiger partial charge in [-0.2, -0.15) is 0 Å². The zero-order chi connectivity index (χ0) is 13.1. The first kappa shape index (κ1) is 12.4. The zero-order valence-electron chi connectivity index (χ0n) is 10.2. The molecule has 1 unspecified atom stereocenters. The number of rotatable bonds is 3. The number of hydrogen-bond donors (Lipinski definition) is 3. The number of phenolic OH excluding ortho intramolecular Hbond substituents is 1. The molecule has 1 aliphatic rings. The van der Waals surface area contributed by atoms with Crippen LogP contribution in [0.1, 0.15) is 28.8 Å². The van der Waals surface area contributed by atoms with E-state index in [1.807, 2.05) is 0 Å². The van der Waals surface area contributed by atoms with E-state index in [0.29, 0.717) is 18.5 Å². The standard InChI is InChI=1S/C13H16N2O3/c1-8-3-2-4-10(12(8)17)13(18)14-7-9-5-6-11(16)15-9/h2-4,9,17H,5-7H2,1H3,(H,14,18)(H,15,16). The van der Waals surface area contributed by atoms with E-state index >= 15 is 0 Å².